The maximum atomic E-state index is 12.1. The summed E-state index contributed by atoms with van der Waals surface area (Å²) in [5, 5.41) is 16.0. The first-order valence-corrected chi connectivity index (χ1v) is 9.67. The van der Waals surface area contributed by atoms with E-state index in [1.54, 1.807) is 29.2 Å². The average Bonchev–Trinajstić information content (AvgIpc) is 3.06. The molecule has 10 heteroatoms. The molecule has 0 unspecified atom stereocenters. The Hall–Kier alpha value is -2.82. The van der Waals surface area contributed by atoms with Gasteiger partial charge in [0.25, 0.3) is 0 Å². The minimum atomic E-state index is -3.64. The Morgan fingerprint density at radius 2 is 1.93 bits per heavy atom. The smallest absolute Gasteiger partial charge is 0.240 e. The molecule has 0 amide bonds. The highest BCUT2D eigenvalue weighted by Crippen LogP contribution is 2.24. The van der Waals surface area contributed by atoms with Gasteiger partial charge in [-0.25, -0.2) is 23.1 Å². The van der Waals surface area contributed by atoms with Crippen molar-refractivity contribution in [1.82, 2.24) is 24.5 Å². The average molecular weight is 388 g/mol. The Bertz CT molecular complexity index is 1030. The highest BCUT2D eigenvalue weighted by atomic mass is 32.2. The van der Waals surface area contributed by atoms with Gasteiger partial charge in [-0.05, 0) is 24.6 Å². The molecule has 0 atom stereocenters. The summed E-state index contributed by atoms with van der Waals surface area (Å²) >= 11 is 0. The molecule has 0 aliphatic rings. The summed E-state index contributed by atoms with van der Waals surface area (Å²) in [4.78, 5) is 8.93. The Labute approximate surface area is 157 Å². The largest absolute Gasteiger partial charge is 0.395 e. The summed E-state index contributed by atoms with van der Waals surface area (Å²) in [6, 6.07) is 6.39. The van der Waals surface area contributed by atoms with Crippen molar-refractivity contribution in [3.8, 4) is 11.3 Å². The van der Waals surface area contributed by atoms with Crippen LogP contribution in [0.15, 0.2) is 47.8 Å². The highest BCUT2D eigenvalue weighted by molar-refractivity contribution is 7.89. The van der Waals surface area contributed by atoms with E-state index in [1.807, 2.05) is 20.2 Å². The van der Waals surface area contributed by atoms with Gasteiger partial charge in [0, 0.05) is 31.5 Å². The lowest BCUT2D eigenvalue weighted by molar-refractivity contribution is 0.301. The Morgan fingerprint density at radius 3 is 2.56 bits per heavy atom. The van der Waals surface area contributed by atoms with Crippen LogP contribution in [0, 0.1) is 6.92 Å². The van der Waals surface area contributed by atoms with Crippen LogP contribution < -0.4 is 10.0 Å². The first-order valence-electron chi connectivity index (χ1n) is 8.19. The van der Waals surface area contributed by atoms with Gasteiger partial charge in [-0.2, -0.15) is 5.10 Å². The summed E-state index contributed by atoms with van der Waals surface area (Å²) in [7, 11) is -1.83. The van der Waals surface area contributed by atoms with Crippen molar-refractivity contribution in [3.63, 3.8) is 0 Å². The molecule has 0 aliphatic heterocycles. The number of anilines is 2. The number of aliphatic hydroxyl groups excluding tert-OH is 1. The van der Waals surface area contributed by atoms with Gasteiger partial charge >= 0.3 is 0 Å². The topological polar surface area (TPSA) is 122 Å². The summed E-state index contributed by atoms with van der Waals surface area (Å²) in [6.07, 6.45) is 5.18. The normalized spacial score (nSPS) is 11.5. The van der Waals surface area contributed by atoms with E-state index in [0.717, 1.165) is 16.8 Å². The van der Waals surface area contributed by atoms with Crippen molar-refractivity contribution < 1.29 is 13.5 Å². The fourth-order valence-corrected chi connectivity index (χ4v) is 3.49. The number of nitrogens with zero attached hydrogens (tertiary/aromatic N) is 4. The van der Waals surface area contributed by atoms with Crippen molar-refractivity contribution in [2.75, 3.05) is 18.5 Å². The SMILES string of the molecule is Cc1cnc(Nc2cnn(C)c2)nc1-c1ccc(S(=O)(=O)NCCO)cc1. The fraction of sp³-hybridized carbons (Fsp3) is 0.235. The summed E-state index contributed by atoms with van der Waals surface area (Å²) in [5.74, 6) is 0.421. The van der Waals surface area contributed by atoms with E-state index in [2.05, 4.69) is 25.1 Å². The van der Waals surface area contributed by atoms with Crippen LogP contribution >= 0.6 is 0 Å². The molecule has 3 aromatic rings. The predicted molar refractivity (Wildman–Crippen MR) is 101 cm³/mol. The van der Waals surface area contributed by atoms with E-state index < -0.39 is 10.0 Å². The zero-order valence-corrected chi connectivity index (χ0v) is 15.7. The molecule has 0 spiro atoms. The van der Waals surface area contributed by atoms with Crippen molar-refractivity contribution in [3.05, 3.63) is 48.4 Å². The van der Waals surface area contributed by atoms with Gasteiger partial charge < -0.3 is 10.4 Å². The van der Waals surface area contributed by atoms with Gasteiger partial charge in [0.2, 0.25) is 16.0 Å². The summed E-state index contributed by atoms with van der Waals surface area (Å²) < 4.78 is 28.2. The fourth-order valence-electron chi connectivity index (χ4n) is 2.46. The number of aromatic nitrogens is 4. The number of aliphatic hydroxyl groups is 1. The van der Waals surface area contributed by atoms with Crippen LogP contribution in [0.5, 0.6) is 0 Å². The molecule has 0 bridgehead atoms. The molecule has 9 nitrogen and oxygen atoms in total. The third-order valence-corrected chi connectivity index (χ3v) is 5.25. The molecule has 0 saturated carbocycles. The van der Waals surface area contributed by atoms with Gasteiger partial charge in [0.05, 0.1) is 29.1 Å². The van der Waals surface area contributed by atoms with Gasteiger partial charge in [0.1, 0.15) is 0 Å². The molecule has 3 rings (SSSR count). The zero-order chi connectivity index (χ0) is 19.4. The maximum Gasteiger partial charge on any atom is 0.240 e. The minimum absolute atomic E-state index is 0.0293. The lowest BCUT2D eigenvalue weighted by atomic mass is 10.1. The van der Waals surface area contributed by atoms with Crippen molar-refractivity contribution in [2.24, 2.45) is 7.05 Å². The zero-order valence-electron chi connectivity index (χ0n) is 14.9. The number of sulfonamides is 1. The van der Waals surface area contributed by atoms with Crippen LogP contribution in [-0.4, -0.2) is 46.4 Å². The van der Waals surface area contributed by atoms with Gasteiger partial charge in [-0.1, -0.05) is 12.1 Å². The lowest BCUT2D eigenvalue weighted by Gasteiger charge is -2.10. The molecular weight excluding hydrogens is 368 g/mol. The third-order valence-electron chi connectivity index (χ3n) is 3.77. The molecule has 0 saturated heterocycles. The quantitative estimate of drug-likeness (QED) is 0.556. The minimum Gasteiger partial charge on any atom is -0.395 e. The molecule has 1 aromatic carbocycles. The van der Waals surface area contributed by atoms with Crippen LogP contribution in [0.4, 0.5) is 11.6 Å². The van der Waals surface area contributed by atoms with Crippen LogP contribution in [0.25, 0.3) is 11.3 Å². The molecule has 0 fully saturated rings. The van der Waals surface area contributed by atoms with E-state index >= 15 is 0 Å². The Balaban J connectivity index is 1.86. The van der Waals surface area contributed by atoms with Crippen molar-refractivity contribution >= 4 is 21.7 Å². The van der Waals surface area contributed by atoms with Gasteiger partial charge in [-0.3, -0.25) is 4.68 Å². The molecule has 0 aliphatic carbocycles. The number of hydrogen-bond acceptors (Lipinski definition) is 7. The van der Waals surface area contributed by atoms with E-state index in [9.17, 15) is 8.42 Å². The molecule has 3 N–H and O–H groups in total. The number of aryl methyl sites for hydroxylation is 2. The van der Waals surface area contributed by atoms with E-state index in [1.165, 1.54) is 12.1 Å². The standard InChI is InChI=1S/C17H20N6O3S/c1-12-9-18-17(21-14-10-19-23(2)11-14)22-16(12)13-3-5-15(6-4-13)27(25,26)20-7-8-24/h3-6,9-11,20,24H,7-8H2,1-2H3,(H,18,21,22). The summed E-state index contributed by atoms with van der Waals surface area (Å²) in [6.45, 7) is 1.60. The molecule has 2 heterocycles. The third kappa shape index (κ3) is 4.48. The van der Waals surface area contributed by atoms with Crippen molar-refractivity contribution in [2.45, 2.75) is 11.8 Å². The van der Waals surface area contributed by atoms with Crippen LogP contribution in [-0.2, 0) is 17.1 Å². The summed E-state index contributed by atoms with van der Waals surface area (Å²) in [5.41, 5.74) is 3.10. The Morgan fingerprint density at radius 1 is 1.19 bits per heavy atom. The van der Waals surface area contributed by atoms with Crippen LogP contribution in [0.3, 0.4) is 0 Å². The highest BCUT2D eigenvalue weighted by Gasteiger charge is 2.14. The lowest BCUT2D eigenvalue weighted by Crippen LogP contribution is -2.26. The monoisotopic (exact) mass is 388 g/mol. The maximum absolute atomic E-state index is 12.1. The number of hydrogen-bond donors (Lipinski definition) is 3. The molecule has 27 heavy (non-hydrogen) atoms. The second-order valence-electron chi connectivity index (χ2n) is 5.90. The van der Waals surface area contributed by atoms with Crippen LogP contribution in [0.1, 0.15) is 5.56 Å². The molecular formula is C17H20N6O3S. The predicted octanol–water partition coefficient (Wildman–Crippen LogP) is 1.20. The van der Waals surface area contributed by atoms with Crippen molar-refractivity contribution in [1.29, 1.82) is 0 Å². The first-order chi connectivity index (χ1) is 12.9. The second-order valence-corrected chi connectivity index (χ2v) is 7.67. The number of rotatable bonds is 7. The molecule has 142 valence electrons. The number of benzene rings is 1. The Kier molecular flexibility index (Phi) is 5.49. The molecule has 0 radical (unpaired) electrons. The first kappa shape index (κ1) is 19.0. The molecule has 2 aromatic heterocycles. The van der Waals surface area contributed by atoms with E-state index in [-0.39, 0.29) is 18.0 Å². The van der Waals surface area contributed by atoms with Crippen LogP contribution in [0.2, 0.25) is 0 Å². The van der Waals surface area contributed by atoms with E-state index in [4.69, 9.17) is 5.11 Å². The van der Waals surface area contributed by atoms with E-state index in [0.29, 0.717) is 11.6 Å². The van der Waals surface area contributed by atoms with Gasteiger partial charge in [-0.15, -0.1) is 0 Å². The second kappa shape index (κ2) is 7.82. The van der Waals surface area contributed by atoms with Gasteiger partial charge in [0.15, 0.2) is 0 Å². The number of nitrogens with one attached hydrogen (secondary N) is 2.